The second-order valence-corrected chi connectivity index (χ2v) is 4.21. The van der Waals surface area contributed by atoms with Crippen LogP contribution in [-0.4, -0.2) is 4.98 Å². The van der Waals surface area contributed by atoms with Crippen molar-refractivity contribution in [3.8, 4) is 0 Å². The number of aromatic amines is 1. The van der Waals surface area contributed by atoms with E-state index in [2.05, 4.69) is 45.2 Å². The Balaban J connectivity index is 2.21. The first-order chi connectivity index (χ1) is 7.79. The molecular formula is C13H12BrNO. The van der Waals surface area contributed by atoms with Crippen LogP contribution in [-0.2, 0) is 11.8 Å². The van der Waals surface area contributed by atoms with Gasteiger partial charge in [0.1, 0.15) is 0 Å². The van der Waals surface area contributed by atoms with Crippen molar-refractivity contribution in [1.29, 1.82) is 0 Å². The molecule has 0 aliphatic rings. The molecule has 0 aliphatic carbocycles. The summed E-state index contributed by atoms with van der Waals surface area (Å²) in [6.45, 7) is 0. The van der Waals surface area contributed by atoms with Gasteiger partial charge in [0.2, 0.25) is 0 Å². The first-order valence-electron chi connectivity index (χ1n) is 5.10. The van der Waals surface area contributed by atoms with E-state index in [-0.39, 0.29) is 5.56 Å². The first-order valence-corrected chi connectivity index (χ1v) is 6.22. The van der Waals surface area contributed by atoms with E-state index in [1.165, 1.54) is 5.56 Å². The lowest BCUT2D eigenvalue weighted by molar-refractivity contribution is 1.09. The van der Waals surface area contributed by atoms with Crippen LogP contribution in [0.5, 0.6) is 0 Å². The van der Waals surface area contributed by atoms with Crippen LogP contribution < -0.4 is 5.56 Å². The third kappa shape index (κ3) is 2.61. The van der Waals surface area contributed by atoms with Crippen molar-refractivity contribution in [1.82, 2.24) is 4.98 Å². The van der Waals surface area contributed by atoms with Crippen molar-refractivity contribution in [2.75, 3.05) is 0 Å². The molecule has 0 atom stereocenters. The summed E-state index contributed by atoms with van der Waals surface area (Å²) in [6, 6.07) is 12.0. The van der Waals surface area contributed by atoms with Gasteiger partial charge >= 0.3 is 0 Å². The highest BCUT2D eigenvalue weighted by Gasteiger charge is 2.00. The number of hydrogen-bond acceptors (Lipinski definition) is 1. The lowest BCUT2D eigenvalue weighted by Gasteiger charge is -2.02. The smallest absolute Gasteiger partial charge is 0.251 e. The SMILES string of the molecule is O=c1[nH]cccc1Cc1ccc(CBr)cc1. The van der Waals surface area contributed by atoms with Gasteiger partial charge in [0, 0.05) is 23.5 Å². The molecule has 1 heterocycles. The molecule has 0 radical (unpaired) electrons. The molecule has 2 aromatic rings. The summed E-state index contributed by atoms with van der Waals surface area (Å²) in [7, 11) is 0. The quantitative estimate of drug-likeness (QED) is 0.860. The summed E-state index contributed by atoms with van der Waals surface area (Å²) in [6.07, 6.45) is 2.33. The Hall–Kier alpha value is -1.35. The van der Waals surface area contributed by atoms with Gasteiger partial charge in [0.25, 0.3) is 5.56 Å². The topological polar surface area (TPSA) is 32.9 Å². The second kappa shape index (κ2) is 5.12. The molecule has 0 bridgehead atoms. The third-order valence-electron chi connectivity index (χ3n) is 2.47. The number of H-pyrrole nitrogens is 1. The van der Waals surface area contributed by atoms with Crippen LogP contribution in [0.4, 0.5) is 0 Å². The monoisotopic (exact) mass is 277 g/mol. The molecule has 0 aliphatic heterocycles. The van der Waals surface area contributed by atoms with Gasteiger partial charge in [0.05, 0.1) is 0 Å². The molecular weight excluding hydrogens is 266 g/mol. The maximum absolute atomic E-state index is 11.5. The molecule has 0 amide bonds. The van der Waals surface area contributed by atoms with Gasteiger partial charge in [-0.3, -0.25) is 4.79 Å². The number of pyridine rings is 1. The Morgan fingerprint density at radius 2 is 1.75 bits per heavy atom. The molecule has 0 saturated heterocycles. The standard InChI is InChI=1S/C13H12BrNO/c14-9-11-5-3-10(4-6-11)8-12-2-1-7-15-13(12)16/h1-7H,8-9H2,(H,15,16). The van der Waals surface area contributed by atoms with E-state index in [0.717, 1.165) is 16.5 Å². The third-order valence-corrected chi connectivity index (χ3v) is 3.12. The van der Waals surface area contributed by atoms with Gasteiger partial charge in [-0.05, 0) is 17.2 Å². The molecule has 1 aromatic carbocycles. The van der Waals surface area contributed by atoms with Gasteiger partial charge in [-0.25, -0.2) is 0 Å². The highest BCUT2D eigenvalue weighted by molar-refractivity contribution is 9.08. The highest BCUT2D eigenvalue weighted by atomic mass is 79.9. The minimum atomic E-state index is -0.00734. The maximum Gasteiger partial charge on any atom is 0.251 e. The zero-order chi connectivity index (χ0) is 11.4. The highest BCUT2D eigenvalue weighted by Crippen LogP contribution is 2.10. The predicted octanol–water partition coefficient (Wildman–Crippen LogP) is 2.86. The fraction of sp³-hybridized carbons (Fsp3) is 0.154. The Bertz CT molecular complexity index is 516. The first kappa shape index (κ1) is 11.1. The van der Waals surface area contributed by atoms with Crippen LogP contribution in [0.25, 0.3) is 0 Å². The Morgan fingerprint density at radius 3 is 2.38 bits per heavy atom. The van der Waals surface area contributed by atoms with Crippen LogP contribution in [0.3, 0.4) is 0 Å². The summed E-state index contributed by atoms with van der Waals surface area (Å²) >= 11 is 3.41. The largest absolute Gasteiger partial charge is 0.329 e. The van der Waals surface area contributed by atoms with E-state index >= 15 is 0 Å². The number of rotatable bonds is 3. The average molecular weight is 278 g/mol. The van der Waals surface area contributed by atoms with Gasteiger partial charge in [-0.1, -0.05) is 46.3 Å². The van der Waals surface area contributed by atoms with Crippen LogP contribution >= 0.6 is 15.9 Å². The van der Waals surface area contributed by atoms with Crippen molar-refractivity contribution in [2.45, 2.75) is 11.8 Å². The number of alkyl halides is 1. The molecule has 3 heteroatoms. The van der Waals surface area contributed by atoms with E-state index in [1.807, 2.05) is 12.1 Å². The molecule has 0 unspecified atom stereocenters. The van der Waals surface area contributed by atoms with Crippen molar-refractivity contribution in [3.05, 3.63) is 69.6 Å². The molecule has 0 saturated carbocycles. The summed E-state index contributed by atoms with van der Waals surface area (Å²) in [5.41, 5.74) is 3.19. The van der Waals surface area contributed by atoms with E-state index in [0.29, 0.717) is 6.42 Å². The number of aromatic nitrogens is 1. The minimum absolute atomic E-state index is 0.00734. The maximum atomic E-state index is 11.5. The lowest BCUT2D eigenvalue weighted by atomic mass is 10.1. The lowest BCUT2D eigenvalue weighted by Crippen LogP contribution is -2.11. The normalized spacial score (nSPS) is 10.3. The van der Waals surface area contributed by atoms with Crippen molar-refractivity contribution < 1.29 is 0 Å². The second-order valence-electron chi connectivity index (χ2n) is 3.65. The van der Waals surface area contributed by atoms with Crippen LogP contribution in [0.1, 0.15) is 16.7 Å². The van der Waals surface area contributed by atoms with Gasteiger partial charge in [-0.2, -0.15) is 0 Å². The molecule has 1 N–H and O–H groups in total. The fourth-order valence-electron chi connectivity index (χ4n) is 1.56. The Morgan fingerprint density at radius 1 is 1.06 bits per heavy atom. The van der Waals surface area contributed by atoms with E-state index in [9.17, 15) is 4.79 Å². The van der Waals surface area contributed by atoms with Crippen molar-refractivity contribution >= 4 is 15.9 Å². The number of hydrogen-bond donors (Lipinski definition) is 1. The number of benzene rings is 1. The predicted molar refractivity (Wildman–Crippen MR) is 68.9 cm³/mol. The molecule has 0 spiro atoms. The minimum Gasteiger partial charge on any atom is -0.329 e. The summed E-state index contributed by atoms with van der Waals surface area (Å²) in [5, 5.41) is 0.860. The zero-order valence-electron chi connectivity index (χ0n) is 8.74. The fourth-order valence-corrected chi connectivity index (χ4v) is 1.94. The Labute approximate surface area is 102 Å². The molecule has 82 valence electrons. The van der Waals surface area contributed by atoms with Crippen LogP contribution in [0.2, 0.25) is 0 Å². The zero-order valence-corrected chi connectivity index (χ0v) is 10.3. The summed E-state index contributed by atoms with van der Waals surface area (Å²) < 4.78 is 0. The van der Waals surface area contributed by atoms with Crippen LogP contribution in [0, 0.1) is 0 Å². The van der Waals surface area contributed by atoms with E-state index in [4.69, 9.17) is 0 Å². The van der Waals surface area contributed by atoms with Crippen LogP contribution in [0.15, 0.2) is 47.4 Å². The molecule has 2 rings (SSSR count). The molecule has 16 heavy (non-hydrogen) atoms. The van der Waals surface area contributed by atoms with E-state index < -0.39 is 0 Å². The number of nitrogens with one attached hydrogen (secondary N) is 1. The summed E-state index contributed by atoms with van der Waals surface area (Å²) in [4.78, 5) is 14.2. The number of halogens is 1. The Kier molecular flexibility index (Phi) is 3.57. The van der Waals surface area contributed by atoms with Crippen molar-refractivity contribution in [3.63, 3.8) is 0 Å². The molecule has 1 aromatic heterocycles. The summed E-state index contributed by atoms with van der Waals surface area (Å²) in [5.74, 6) is 0. The van der Waals surface area contributed by atoms with Gasteiger partial charge < -0.3 is 4.98 Å². The van der Waals surface area contributed by atoms with Gasteiger partial charge in [0.15, 0.2) is 0 Å². The van der Waals surface area contributed by atoms with E-state index in [1.54, 1.807) is 6.20 Å². The van der Waals surface area contributed by atoms with Gasteiger partial charge in [-0.15, -0.1) is 0 Å². The van der Waals surface area contributed by atoms with Crippen molar-refractivity contribution in [2.24, 2.45) is 0 Å². The molecule has 0 fully saturated rings. The molecule has 2 nitrogen and oxygen atoms in total. The average Bonchev–Trinajstić information content (AvgIpc) is 2.33.